The van der Waals surface area contributed by atoms with E-state index in [9.17, 15) is 9.90 Å². The van der Waals surface area contributed by atoms with Crippen molar-refractivity contribution in [3.05, 3.63) is 42.5 Å². The number of fused-ring (bicyclic) bond motifs is 2. The van der Waals surface area contributed by atoms with E-state index in [2.05, 4.69) is 5.32 Å². The van der Waals surface area contributed by atoms with Gasteiger partial charge in [0, 0.05) is 12.3 Å². The van der Waals surface area contributed by atoms with Crippen molar-refractivity contribution in [2.24, 2.45) is 0 Å². The quantitative estimate of drug-likeness (QED) is 0.837. The first-order chi connectivity index (χ1) is 13.3. The monoisotopic (exact) mass is 387 g/mol. The number of nitrogens with one attached hydrogen (secondary N) is 1. The maximum absolute atomic E-state index is 11.8. The van der Waals surface area contributed by atoms with Crippen molar-refractivity contribution in [3.63, 3.8) is 0 Å². The van der Waals surface area contributed by atoms with Gasteiger partial charge in [0.25, 0.3) is 0 Å². The minimum atomic E-state index is -1.01. The molecule has 0 aliphatic carbocycles. The van der Waals surface area contributed by atoms with E-state index >= 15 is 0 Å². The molecule has 7 heteroatoms. The van der Waals surface area contributed by atoms with Gasteiger partial charge in [-0.15, -0.1) is 0 Å². The molecule has 0 unspecified atom stereocenters. The fourth-order valence-electron chi connectivity index (χ4n) is 3.76. The number of hydrogen-bond acceptors (Lipinski definition) is 6. The second kappa shape index (κ2) is 7.33. The third kappa shape index (κ3) is 3.71. The van der Waals surface area contributed by atoms with Crippen LogP contribution < -0.4 is 10.1 Å². The summed E-state index contributed by atoms with van der Waals surface area (Å²) in [6, 6.07) is 12.8. The Morgan fingerprint density at radius 2 is 1.96 bits per heavy atom. The van der Waals surface area contributed by atoms with Crippen molar-refractivity contribution < 1.29 is 28.8 Å². The van der Waals surface area contributed by atoms with Crippen molar-refractivity contribution in [2.75, 3.05) is 6.61 Å². The maximum atomic E-state index is 11.8. The number of carbonyl (C=O) groups excluding carboxylic acids is 1. The van der Waals surface area contributed by atoms with E-state index in [4.69, 9.17) is 18.9 Å². The van der Waals surface area contributed by atoms with E-state index in [0.717, 1.165) is 10.8 Å². The van der Waals surface area contributed by atoms with Gasteiger partial charge in [-0.1, -0.05) is 36.4 Å². The maximum Gasteiger partial charge on any atom is 0.223 e. The van der Waals surface area contributed by atoms with Crippen LogP contribution in [-0.2, 0) is 19.0 Å². The molecule has 5 atom stereocenters. The molecule has 28 heavy (non-hydrogen) atoms. The first-order valence-corrected chi connectivity index (χ1v) is 9.41. The third-order valence-corrected chi connectivity index (χ3v) is 5.05. The van der Waals surface area contributed by atoms with Gasteiger partial charge in [0.2, 0.25) is 12.2 Å². The first-order valence-electron chi connectivity index (χ1n) is 9.41. The molecule has 0 bridgehead atoms. The Morgan fingerprint density at radius 1 is 1.21 bits per heavy atom. The molecule has 1 amide bonds. The van der Waals surface area contributed by atoms with Crippen LogP contribution in [0.15, 0.2) is 42.5 Å². The summed E-state index contributed by atoms with van der Waals surface area (Å²) < 4.78 is 23.8. The topological polar surface area (TPSA) is 86.3 Å². The number of aliphatic hydroxyl groups is 1. The van der Waals surface area contributed by atoms with E-state index in [-0.39, 0.29) is 12.5 Å². The number of benzene rings is 2. The van der Waals surface area contributed by atoms with Crippen LogP contribution in [0.25, 0.3) is 10.8 Å². The van der Waals surface area contributed by atoms with Crippen LogP contribution in [0.3, 0.4) is 0 Å². The molecule has 2 aromatic carbocycles. The van der Waals surface area contributed by atoms with Crippen molar-refractivity contribution in [2.45, 2.75) is 57.2 Å². The molecule has 4 rings (SSSR count). The fourth-order valence-corrected chi connectivity index (χ4v) is 3.76. The van der Waals surface area contributed by atoms with E-state index in [1.54, 1.807) is 13.8 Å². The molecule has 2 N–H and O–H groups in total. The summed E-state index contributed by atoms with van der Waals surface area (Å²) in [5, 5.41) is 15.6. The van der Waals surface area contributed by atoms with Gasteiger partial charge in [0.05, 0.1) is 6.61 Å². The Morgan fingerprint density at radius 3 is 2.75 bits per heavy atom. The van der Waals surface area contributed by atoms with E-state index in [1.807, 2.05) is 42.5 Å². The minimum absolute atomic E-state index is 0.261. The first kappa shape index (κ1) is 19.1. The Balaban J connectivity index is 1.63. The summed E-state index contributed by atoms with van der Waals surface area (Å²) in [7, 11) is 0. The fraction of sp³-hybridized carbons (Fsp3) is 0.476. The number of hydrogen-bond donors (Lipinski definition) is 2. The van der Waals surface area contributed by atoms with Crippen LogP contribution in [0, 0.1) is 0 Å². The molecular formula is C21H25NO6. The smallest absolute Gasteiger partial charge is 0.223 e. The normalized spacial score (nSPS) is 31.8. The molecule has 2 aromatic rings. The minimum Gasteiger partial charge on any atom is -0.462 e. The summed E-state index contributed by atoms with van der Waals surface area (Å²) in [6.07, 6.45) is -3.04. The molecule has 2 fully saturated rings. The molecule has 0 saturated carbocycles. The van der Waals surface area contributed by atoms with Crippen LogP contribution in [0.5, 0.6) is 5.75 Å². The standard InChI is InChI=1S/C21H25NO6/c1-12(23)22-17-18(24)19-16(11-25-21(2,3)28-19)27-20(17)26-15-10-6-8-13-7-4-5-9-14(13)15/h4-10,16-20,24H,11H2,1-3H3,(H,22,23)/t16-,17-,18-,19-,20-/m1/s1. The summed E-state index contributed by atoms with van der Waals surface area (Å²) in [6.45, 7) is 5.21. The average Bonchev–Trinajstić information content (AvgIpc) is 2.65. The third-order valence-electron chi connectivity index (χ3n) is 5.05. The lowest BCUT2D eigenvalue weighted by Crippen LogP contribution is -2.69. The molecule has 0 radical (unpaired) electrons. The predicted molar refractivity (Wildman–Crippen MR) is 102 cm³/mol. The van der Waals surface area contributed by atoms with Crippen LogP contribution in [0.1, 0.15) is 20.8 Å². The summed E-state index contributed by atoms with van der Waals surface area (Å²) >= 11 is 0. The predicted octanol–water partition coefficient (Wildman–Crippen LogP) is 1.96. The molecule has 7 nitrogen and oxygen atoms in total. The van der Waals surface area contributed by atoms with Gasteiger partial charge >= 0.3 is 0 Å². The lowest BCUT2D eigenvalue weighted by Gasteiger charge is -2.49. The summed E-state index contributed by atoms with van der Waals surface area (Å²) in [4.78, 5) is 11.8. The number of amides is 1. The van der Waals surface area contributed by atoms with Crippen LogP contribution in [0.4, 0.5) is 0 Å². The Labute approximate surface area is 163 Å². The van der Waals surface area contributed by atoms with Crippen molar-refractivity contribution in [3.8, 4) is 5.75 Å². The zero-order valence-electron chi connectivity index (χ0n) is 16.1. The summed E-state index contributed by atoms with van der Waals surface area (Å²) in [5.74, 6) is -0.513. The van der Waals surface area contributed by atoms with E-state index in [1.165, 1.54) is 6.92 Å². The van der Waals surface area contributed by atoms with Crippen LogP contribution in [-0.4, -0.2) is 54.1 Å². The molecule has 2 saturated heterocycles. The van der Waals surface area contributed by atoms with E-state index in [0.29, 0.717) is 5.75 Å². The largest absolute Gasteiger partial charge is 0.462 e. The second-order valence-corrected chi connectivity index (χ2v) is 7.65. The van der Waals surface area contributed by atoms with Crippen LogP contribution >= 0.6 is 0 Å². The van der Waals surface area contributed by atoms with Gasteiger partial charge < -0.3 is 29.4 Å². The van der Waals surface area contributed by atoms with Gasteiger partial charge in [0.15, 0.2) is 5.79 Å². The molecule has 0 spiro atoms. The molecule has 2 aliphatic rings. The second-order valence-electron chi connectivity index (χ2n) is 7.65. The van der Waals surface area contributed by atoms with Crippen molar-refractivity contribution in [1.82, 2.24) is 5.32 Å². The molecule has 150 valence electrons. The molecule has 2 heterocycles. The highest BCUT2D eigenvalue weighted by molar-refractivity contribution is 5.88. The van der Waals surface area contributed by atoms with Crippen LogP contribution in [0.2, 0.25) is 0 Å². The lowest BCUT2D eigenvalue weighted by molar-refractivity contribution is -0.361. The zero-order chi connectivity index (χ0) is 19.9. The zero-order valence-corrected chi connectivity index (χ0v) is 16.1. The highest BCUT2D eigenvalue weighted by atomic mass is 16.8. The molecule has 2 aliphatic heterocycles. The average molecular weight is 387 g/mol. The highest BCUT2D eigenvalue weighted by Crippen LogP contribution is 2.34. The Kier molecular flexibility index (Phi) is 5.01. The Hall–Kier alpha value is -2.19. The lowest BCUT2D eigenvalue weighted by atomic mass is 9.95. The molecule has 0 aromatic heterocycles. The number of ether oxygens (including phenoxy) is 4. The van der Waals surface area contributed by atoms with Gasteiger partial charge in [-0.05, 0) is 25.3 Å². The number of rotatable bonds is 3. The van der Waals surface area contributed by atoms with Gasteiger partial charge in [-0.3, -0.25) is 4.79 Å². The Bertz CT molecular complexity index is 864. The van der Waals surface area contributed by atoms with Gasteiger partial charge in [0.1, 0.15) is 30.1 Å². The summed E-state index contributed by atoms with van der Waals surface area (Å²) in [5.41, 5.74) is 0. The molecular weight excluding hydrogens is 362 g/mol. The van der Waals surface area contributed by atoms with Gasteiger partial charge in [-0.2, -0.15) is 0 Å². The van der Waals surface area contributed by atoms with Gasteiger partial charge in [-0.25, -0.2) is 0 Å². The SMILES string of the molecule is CC(=O)N[C@H]1[C@H](Oc2cccc3ccccc23)O[C@@H]2COC(C)(C)O[C@H]2[C@@H]1O. The van der Waals surface area contributed by atoms with E-state index < -0.39 is 36.4 Å². The number of carbonyl (C=O) groups is 1. The van der Waals surface area contributed by atoms with Crippen molar-refractivity contribution in [1.29, 1.82) is 0 Å². The highest BCUT2D eigenvalue weighted by Gasteiger charge is 2.52. The number of aliphatic hydroxyl groups excluding tert-OH is 1. The van der Waals surface area contributed by atoms with Crippen molar-refractivity contribution >= 4 is 16.7 Å².